The van der Waals surface area contributed by atoms with Gasteiger partial charge in [-0.15, -0.1) is 0 Å². The number of allylic oxidation sites excluding steroid dienone is 6. The average Bonchev–Trinajstić information content (AvgIpc) is 2.85. The van der Waals surface area contributed by atoms with Crippen LogP contribution in [0.1, 0.15) is 25.7 Å². The van der Waals surface area contributed by atoms with Crippen molar-refractivity contribution in [3.8, 4) is 0 Å². The van der Waals surface area contributed by atoms with E-state index in [-0.39, 0.29) is 24.8 Å². The molecule has 0 spiro atoms. The molecule has 9 heteroatoms. The van der Waals surface area contributed by atoms with Crippen LogP contribution < -0.4 is 0 Å². The summed E-state index contributed by atoms with van der Waals surface area (Å²) in [7, 11) is 0. The van der Waals surface area contributed by atoms with Gasteiger partial charge in [-0.3, -0.25) is 4.90 Å². The number of nitrogens with zero attached hydrogens (tertiary/aromatic N) is 3. The molecule has 6 nitrogen and oxygen atoms in total. The lowest BCUT2D eigenvalue weighted by Gasteiger charge is -2.35. The molecule has 1 N–H and O–H groups in total. The molecular weight excluding hydrogens is 459 g/mol. The van der Waals surface area contributed by atoms with Gasteiger partial charge in [-0.25, -0.2) is 9.98 Å². The summed E-state index contributed by atoms with van der Waals surface area (Å²) in [5.41, 5.74) is 0.901. The van der Waals surface area contributed by atoms with Crippen LogP contribution in [0, 0.1) is 0 Å². The normalized spacial score (nSPS) is 26.9. The van der Waals surface area contributed by atoms with Gasteiger partial charge in [0.1, 0.15) is 12.2 Å². The summed E-state index contributed by atoms with van der Waals surface area (Å²) < 4.78 is 51.7. The van der Waals surface area contributed by atoms with Crippen LogP contribution in [0.3, 0.4) is 0 Å². The lowest BCUT2D eigenvalue weighted by Crippen LogP contribution is -2.46. The quantitative estimate of drug-likeness (QED) is 0.548. The van der Waals surface area contributed by atoms with E-state index in [1.165, 1.54) is 0 Å². The summed E-state index contributed by atoms with van der Waals surface area (Å²) in [4.78, 5) is 10.0. The van der Waals surface area contributed by atoms with Crippen LogP contribution in [0.25, 0.3) is 0 Å². The van der Waals surface area contributed by atoms with Crippen LogP contribution in [-0.2, 0) is 9.47 Å². The van der Waals surface area contributed by atoms with Gasteiger partial charge in [-0.05, 0) is 18.2 Å². The first-order chi connectivity index (χ1) is 16.9. The molecule has 4 unspecified atom stereocenters. The summed E-state index contributed by atoms with van der Waals surface area (Å²) in [6.45, 7) is 0.336. The molecule has 0 aromatic rings. The van der Waals surface area contributed by atoms with Crippen molar-refractivity contribution in [1.29, 1.82) is 0 Å². The lowest BCUT2D eigenvalue weighted by molar-refractivity contribution is -0.208. The standard InChI is InChI=1S/C26H30F3N3O3/c27-26(28,29)24(33)18-32(20-8-5-12-23(16-20)34-21-9-2-1-3-10-21)17-19-7-4-11-22(15-19)35-25-30-13-6-14-31-25/h1-5,7-9,11-13,20-22,24,33H,6,10,14-18H2. The monoisotopic (exact) mass is 489 g/mol. The van der Waals surface area contributed by atoms with Gasteiger partial charge in [-0.1, -0.05) is 48.1 Å². The molecule has 0 radical (unpaired) electrons. The van der Waals surface area contributed by atoms with Crippen molar-refractivity contribution < 1.29 is 27.8 Å². The van der Waals surface area contributed by atoms with Crippen LogP contribution in [-0.4, -0.2) is 72.4 Å². The van der Waals surface area contributed by atoms with E-state index in [2.05, 4.69) is 9.98 Å². The fraction of sp³-hybridized carbons (Fsp3) is 0.462. The van der Waals surface area contributed by atoms with Crippen molar-refractivity contribution in [1.82, 2.24) is 4.90 Å². The van der Waals surface area contributed by atoms with E-state index >= 15 is 0 Å². The SMILES string of the molecule is OC(CN(CC1=CC=CC(OC2=NCCC=N2)C1)C1C=CC=C(OC2C=CC=CC2)C1)C(F)(F)F. The zero-order valence-electron chi connectivity index (χ0n) is 19.3. The first-order valence-corrected chi connectivity index (χ1v) is 11.8. The molecule has 0 aromatic heterocycles. The lowest BCUT2D eigenvalue weighted by atomic mass is 9.99. The van der Waals surface area contributed by atoms with Crippen LogP contribution in [0.15, 0.2) is 82.1 Å². The van der Waals surface area contributed by atoms with Crippen LogP contribution in [0.2, 0.25) is 0 Å². The summed E-state index contributed by atoms with van der Waals surface area (Å²) in [6, 6.07) is -0.0288. The fourth-order valence-electron chi connectivity index (χ4n) is 4.23. The predicted molar refractivity (Wildman–Crippen MR) is 129 cm³/mol. The van der Waals surface area contributed by atoms with E-state index in [1.54, 1.807) is 17.2 Å². The average molecular weight is 490 g/mol. The molecule has 0 bridgehead atoms. The fourth-order valence-corrected chi connectivity index (χ4v) is 4.23. The van der Waals surface area contributed by atoms with Gasteiger partial charge in [0.25, 0.3) is 0 Å². The molecule has 3 aliphatic carbocycles. The number of alkyl halides is 3. The van der Waals surface area contributed by atoms with E-state index in [0.717, 1.165) is 18.4 Å². The van der Waals surface area contributed by atoms with E-state index in [9.17, 15) is 18.3 Å². The van der Waals surface area contributed by atoms with Crippen molar-refractivity contribution in [2.45, 2.75) is 56.2 Å². The third kappa shape index (κ3) is 7.53. The first kappa shape index (κ1) is 25.2. The van der Waals surface area contributed by atoms with Crippen molar-refractivity contribution in [2.24, 2.45) is 9.98 Å². The highest BCUT2D eigenvalue weighted by Gasteiger charge is 2.40. The van der Waals surface area contributed by atoms with Crippen LogP contribution >= 0.6 is 0 Å². The van der Waals surface area contributed by atoms with E-state index in [1.807, 2.05) is 54.7 Å². The number of rotatable bonds is 8. The number of aliphatic hydroxyl groups excluding tert-OH is 1. The summed E-state index contributed by atoms with van der Waals surface area (Å²) in [6.07, 6.45) is 15.6. The minimum atomic E-state index is -4.70. The predicted octanol–water partition coefficient (Wildman–Crippen LogP) is 4.43. The van der Waals surface area contributed by atoms with Crippen molar-refractivity contribution >= 4 is 12.2 Å². The van der Waals surface area contributed by atoms with Crippen molar-refractivity contribution in [3.63, 3.8) is 0 Å². The van der Waals surface area contributed by atoms with Crippen LogP contribution in [0.5, 0.6) is 0 Å². The second-order valence-corrected chi connectivity index (χ2v) is 8.82. The number of halogens is 3. The molecule has 35 heavy (non-hydrogen) atoms. The topological polar surface area (TPSA) is 66.7 Å². The Morgan fingerprint density at radius 3 is 2.60 bits per heavy atom. The minimum Gasteiger partial charge on any atom is -0.490 e. The van der Waals surface area contributed by atoms with Gasteiger partial charge >= 0.3 is 12.2 Å². The molecule has 0 amide bonds. The zero-order chi connectivity index (χ0) is 24.7. The highest BCUT2D eigenvalue weighted by atomic mass is 19.4. The molecule has 188 valence electrons. The molecule has 4 aliphatic rings. The van der Waals surface area contributed by atoms with Crippen molar-refractivity contribution in [2.75, 3.05) is 19.6 Å². The zero-order valence-corrected chi connectivity index (χ0v) is 19.3. The van der Waals surface area contributed by atoms with Crippen molar-refractivity contribution in [3.05, 3.63) is 72.1 Å². The number of aliphatic imine (C=N–C) groups is 2. The third-order valence-electron chi connectivity index (χ3n) is 6.02. The van der Waals surface area contributed by atoms with Gasteiger partial charge in [0.2, 0.25) is 0 Å². The molecular formula is C26H30F3N3O3. The largest absolute Gasteiger partial charge is 0.490 e. The maximum atomic E-state index is 13.2. The summed E-state index contributed by atoms with van der Waals surface area (Å²) >= 11 is 0. The Morgan fingerprint density at radius 1 is 1.03 bits per heavy atom. The molecule has 0 aromatic carbocycles. The smallest absolute Gasteiger partial charge is 0.415 e. The van der Waals surface area contributed by atoms with Gasteiger partial charge in [0.15, 0.2) is 6.10 Å². The Labute approximate surface area is 203 Å². The first-order valence-electron chi connectivity index (χ1n) is 11.8. The van der Waals surface area contributed by atoms with Gasteiger partial charge in [-0.2, -0.15) is 13.2 Å². The Kier molecular flexibility index (Phi) is 8.41. The number of amidine groups is 1. The Bertz CT molecular complexity index is 992. The number of aliphatic hydroxyl groups is 1. The molecule has 0 saturated carbocycles. The molecule has 4 atom stereocenters. The number of hydrogen-bond acceptors (Lipinski definition) is 6. The molecule has 1 aliphatic heterocycles. The van der Waals surface area contributed by atoms with E-state index in [4.69, 9.17) is 9.47 Å². The maximum absolute atomic E-state index is 13.2. The molecule has 4 rings (SSSR count). The Hall–Kier alpha value is -2.91. The van der Waals surface area contributed by atoms with Gasteiger partial charge < -0.3 is 14.6 Å². The molecule has 1 heterocycles. The number of ether oxygens (including phenoxy) is 2. The number of hydrogen-bond donors (Lipinski definition) is 1. The third-order valence-corrected chi connectivity index (χ3v) is 6.02. The minimum absolute atomic E-state index is 0.0953. The maximum Gasteiger partial charge on any atom is 0.415 e. The van der Waals surface area contributed by atoms with Crippen LogP contribution in [0.4, 0.5) is 13.2 Å². The highest BCUT2D eigenvalue weighted by molar-refractivity contribution is 5.85. The second kappa shape index (κ2) is 11.7. The summed E-state index contributed by atoms with van der Waals surface area (Å²) in [5, 5.41) is 9.87. The molecule has 0 fully saturated rings. The highest BCUT2D eigenvalue weighted by Crippen LogP contribution is 2.28. The second-order valence-electron chi connectivity index (χ2n) is 8.82. The molecule has 0 saturated heterocycles. The van der Waals surface area contributed by atoms with Gasteiger partial charge in [0, 0.05) is 57.6 Å². The van der Waals surface area contributed by atoms with E-state index < -0.39 is 18.8 Å². The Morgan fingerprint density at radius 2 is 1.86 bits per heavy atom. The summed E-state index contributed by atoms with van der Waals surface area (Å²) in [5.74, 6) is 0.709. The Balaban J connectivity index is 1.42. The van der Waals surface area contributed by atoms with E-state index in [0.29, 0.717) is 31.2 Å². The van der Waals surface area contributed by atoms with Gasteiger partial charge in [0.05, 0.1) is 5.76 Å².